The van der Waals surface area contributed by atoms with Crippen LogP contribution in [0.25, 0.3) is 0 Å². The number of benzene rings is 1. The number of hydrogen-bond donors (Lipinski definition) is 1. The molecule has 0 bridgehead atoms. The van der Waals surface area contributed by atoms with Gasteiger partial charge in [-0.1, -0.05) is 19.3 Å². The highest BCUT2D eigenvalue weighted by atomic mass is 16.5. The first-order chi connectivity index (χ1) is 9.22. The van der Waals surface area contributed by atoms with E-state index in [0.29, 0.717) is 11.3 Å². The van der Waals surface area contributed by atoms with Crippen LogP contribution in [-0.4, -0.2) is 26.2 Å². The molecule has 1 aliphatic heterocycles. The fourth-order valence-electron chi connectivity index (χ4n) is 2.53. The van der Waals surface area contributed by atoms with E-state index in [4.69, 9.17) is 10.5 Å². The predicted molar refractivity (Wildman–Crippen MR) is 77.5 cm³/mol. The molecule has 0 aromatic heterocycles. The topological polar surface area (TPSA) is 55.6 Å². The van der Waals surface area contributed by atoms with Crippen molar-refractivity contribution in [3.8, 4) is 0 Å². The summed E-state index contributed by atoms with van der Waals surface area (Å²) in [7, 11) is 1.38. The molecule has 19 heavy (non-hydrogen) atoms. The van der Waals surface area contributed by atoms with Gasteiger partial charge in [0.15, 0.2) is 0 Å². The number of methoxy groups -OCH3 is 1. The number of nitrogen functional groups attached to an aromatic ring is 1. The van der Waals surface area contributed by atoms with Gasteiger partial charge in [-0.3, -0.25) is 0 Å². The fraction of sp³-hybridized carbons (Fsp3) is 0.533. The Kier molecular flexibility index (Phi) is 4.66. The van der Waals surface area contributed by atoms with Crippen LogP contribution < -0.4 is 10.6 Å². The summed E-state index contributed by atoms with van der Waals surface area (Å²) < 4.78 is 4.77. The van der Waals surface area contributed by atoms with Crippen LogP contribution in [0.1, 0.15) is 42.5 Å². The van der Waals surface area contributed by atoms with E-state index in [-0.39, 0.29) is 5.97 Å². The van der Waals surface area contributed by atoms with Crippen molar-refractivity contribution in [1.82, 2.24) is 0 Å². The lowest BCUT2D eigenvalue weighted by Crippen LogP contribution is -2.27. The molecule has 0 aliphatic carbocycles. The second-order valence-corrected chi connectivity index (χ2v) is 5.02. The second-order valence-electron chi connectivity index (χ2n) is 5.02. The van der Waals surface area contributed by atoms with Crippen molar-refractivity contribution in [3.05, 3.63) is 23.8 Å². The molecule has 1 aromatic rings. The van der Waals surface area contributed by atoms with E-state index < -0.39 is 0 Å². The zero-order valence-corrected chi connectivity index (χ0v) is 11.5. The number of ether oxygens (including phenoxy) is 1. The Balaban J connectivity index is 2.20. The summed E-state index contributed by atoms with van der Waals surface area (Å²) >= 11 is 0. The maximum absolute atomic E-state index is 11.7. The molecule has 4 heteroatoms. The molecule has 4 nitrogen and oxygen atoms in total. The third kappa shape index (κ3) is 3.40. The van der Waals surface area contributed by atoms with Crippen LogP contribution in [0.2, 0.25) is 0 Å². The monoisotopic (exact) mass is 262 g/mol. The van der Waals surface area contributed by atoms with Gasteiger partial charge < -0.3 is 15.4 Å². The minimum atomic E-state index is -0.369. The fourth-order valence-corrected chi connectivity index (χ4v) is 2.53. The smallest absolute Gasteiger partial charge is 0.340 e. The van der Waals surface area contributed by atoms with E-state index in [9.17, 15) is 4.79 Å². The quantitative estimate of drug-likeness (QED) is 0.657. The molecule has 0 saturated carbocycles. The minimum Gasteiger partial charge on any atom is -0.465 e. The maximum Gasteiger partial charge on any atom is 0.340 e. The molecule has 0 amide bonds. The Labute approximate surface area is 114 Å². The third-order valence-corrected chi connectivity index (χ3v) is 3.66. The second kappa shape index (κ2) is 6.45. The third-order valence-electron chi connectivity index (χ3n) is 3.66. The van der Waals surface area contributed by atoms with Gasteiger partial charge in [0, 0.05) is 24.5 Å². The highest BCUT2D eigenvalue weighted by Gasteiger charge is 2.14. The van der Waals surface area contributed by atoms with Crippen LogP contribution >= 0.6 is 0 Å². The van der Waals surface area contributed by atoms with Crippen molar-refractivity contribution in [2.24, 2.45) is 0 Å². The van der Waals surface area contributed by atoms with E-state index >= 15 is 0 Å². The number of hydrogen-bond acceptors (Lipinski definition) is 4. The van der Waals surface area contributed by atoms with Gasteiger partial charge in [0.1, 0.15) is 0 Å². The molecular formula is C15H22N2O2. The maximum atomic E-state index is 11.7. The summed E-state index contributed by atoms with van der Waals surface area (Å²) in [5, 5.41) is 0. The van der Waals surface area contributed by atoms with Crippen molar-refractivity contribution in [2.75, 3.05) is 30.8 Å². The Bertz CT molecular complexity index is 438. The van der Waals surface area contributed by atoms with Gasteiger partial charge in [-0.05, 0) is 31.0 Å². The van der Waals surface area contributed by atoms with Gasteiger partial charge in [-0.2, -0.15) is 0 Å². The predicted octanol–water partition coefficient (Wildman–Crippen LogP) is 2.83. The molecule has 1 aliphatic rings. The number of carbonyl (C=O) groups is 1. The lowest BCUT2D eigenvalue weighted by molar-refractivity contribution is 0.0602. The largest absolute Gasteiger partial charge is 0.465 e. The zero-order valence-electron chi connectivity index (χ0n) is 11.5. The van der Waals surface area contributed by atoms with Gasteiger partial charge in [0.2, 0.25) is 0 Å². The van der Waals surface area contributed by atoms with Crippen LogP contribution in [0, 0.1) is 0 Å². The van der Waals surface area contributed by atoms with E-state index in [1.165, 1.54) is 39.2 Å². The minimum absolute atomic E-state index is 0.369. The summed E-state index contributed by atoms with van der Waals surface area (Å²) in [6, 6.07) is 5.63. The van der Waals surface area contributed by atoms with E-state index in [2.05, 4.69) is 4.90 Å². The highest BCUT2D eigenvalue weighted by molar-refractivity contribution is 5.96. The molecule has 2 N–H and O–H groups in total. The van der Waals surface area contributed by atoms with Crippen molar-refractivity contribution in [1.29, 1.82) is 0 Å². The molecule has 0 unspecified atom stereocenters. The Morgan fingerprint density at radius 1 is 1.16 bits per heavy atom. The molecule has 2 rings (SSSR count). The van der Waals surface area contributed by atoms with Crippen molar-refractivity contribution >= 4 is 17.3 Å². The SMILES string of the molecule is COC(=O)c1cc(N2CCCCCCC2)ccc1N. The summed E-state index contributed by atoms with van der Waals surface area (Å²) in [6.07, 6.45) is 6.32. The van der Waals surface area contributed by atoms with Gasteiger partial charge in [0.25, 0.3) is 0 Å². The Morgan fingerprint density at radius 3 is 2.42 bits per heavy atom. The molecular weight excluding hydrogens is 240 g/mol. The van der Waals surface area contributed by atoms with Crippen LogP contribution in [0.15, 0.2) is 18.2 Å². The van der Waals surface area contributed by atoms with Crippen molar-refractivity contribution in [2.45, 2.75) is 32.1 Å². The van der Waals surface area contributed by atoms with Gasteiger partial charge in [-0.25, -0.2) is 4.79 Å². The average molecular weight is 262 g/mol. The first-order valence-corrected chi connectivity index (χ1v) is 6.95. The van der Waals surface area contributed by atoms with Crippen LogP contribution in [0.5, 0.6) is 0 Å². The van der Waals surface area contributed by atoms with Gasteiger partial charge in [0.05, 0.1) is 12.7 Å². The number of rotatable bonds is 2. The van der Waals surface area contributed by atoms with Crippen molar-refractivity contribution in [3.63, 3.8) is 0 Å². The number of nitrogens with two attached hydrogens (primary N) is 1. The number of carbonyl (C=O) groups excluding carboxylic acids is 1. The van der Waals surface area contributed by atoms with Crippen molar-refractivity contribution < 1.29 is 9.53 Å². The van der Waals surface area contributed by atoms with E-state index in [0.717, 1.165) is 18.8 Å². The van der Waals surface area contributed by atoms with Crippen LogP contribution in [-0.2, 0) is 4.74 Å². The summed E-state index contributed by atoms with van der Waals surface area (Å²) in [4.78, 5) is 14.0. The molecule has 104 valence electrons. The van der Waals surface area contributed by atoms with Crippen LogP contribution in [0.4, 0.5) is 11.4 Å². The van der Waals surface area contributed by atoms with E-state index in [1.807, 2.05) is 12.1 Å². The molecule has 1 fully saturated rings. The molecule has 0 atom stereocenters. The molecule has 1 saturated heterocycles. The molecule has 1 heterocycles. The van der Waals surface area contributed by atoms with Crippen LogP contribution in [0.3, 0.4) is 0 Å². The zero-order chi connectivity index (χ0) is 13.7. The van der Waals surface area contributed by atoms with E-state index in [1.54, 1.807) is 6.07 Å². The Hall–Kier alpha value is -1.71. The molecule has 1 aromatic carbocycles. The summed E-state index contributed by atoms with van der Waals surface area (Å²) in [5.74, 6) is -0.369. The summed E-state index contributed by atoms with van der Waals surface area (Å²) in [5.41, 5.74) is 7.83. The molecule has 0 radical (unpaired) electrons. The number of esters is 1. The number of anilines is 2. The van der Waals surface area contributed by atoms with Gasteiger partial charge >= 0.3 is 5.97 Å². The first kappa shape index (κ1) is 13.7. The van der Waals surface area contributed by atoms with Gasteiger partial charge in [-0.15, -0.1) is 0 Å². The average Bonchev–Trinajstić information content (AvgIpc) is 2.38. The first-order valence-electron chi connectivity index (χ1n) is 6.95. The Morgan fingerprint density at radius 2 is 1.79 bits per heavy atom. The standard InChI is InChI=1S/C15H22N2O2/c1-19-15(18)13-11-12(7-8-14(13)16)17-9-5-3-2-4-6-10-17/h7-8,11H,2-6,9-10,16H2,1H3. The normalized spacial score (nSPS) is 16.6. The summed E-state index contributed by atoms with van der Waals surface area (Å²) in [6.45, 7) is 2.09. The number of nitrogens with zero attached hydrogens (tertiary/aromatic N) is 1. The lowest BCUT2D eigenvalue weighted by atomic mass is 10.1. The molecule has 0 spiro atoms. The highest BCUT2D eigenvalue weighted by Crippen LogP contribution is 2.24. The lowest BCUT2D eigenvalue weighted by Gasteiger charge is -2.27.